The van der Waals surface area contributed by atoms with Gasteiger partial charge in [-0.05, 0) is 0 Å². The molecule has 7 heavy (non-hydrogen) atoms. The summed E-state index contributed by atoms with van der Waals surface area (Å²) in [6.07, 6.45) is 0. The second-order valence-electron chi connectivity index (χ2n) is 0.412. The third-order valence-corrected chi connectivity index (χ3v) is 0. The second-order valence-corrected chi connectivity index (χ2v) is 2.41. The van der Waals surface area contributed by atoms with Crippen LogP contribution >= 0.6 is 10.7 Å². The molecule has 0 saturated carbocycles. The molecule has 0 saturated heterocycles. The molecule has 0 rings (SSSR count). The zero-order valence-corrected chi connectivity index (χ0v) is 5.68. The van der Waals surface area contributed by atoms with Gasteiger partial charge < -0.3 is 0 Å². The molecule has 0 amide bonds. The van der Waals surface area contributed by atoms with Crippen molar-refractivity contribution in [1.29, 1.82) is 0 Å². The molecule has 0 aliphatic carbocycles. The zero-order valence-electron chi connectivity index (χ0n) is 3.40. The molecule has 1 N–H and O–H groups in total. The molecular weight excluding hydrogens is 162 g/mol. The van der Waals surface area contributed by atoms with Gasteiger partial charge in [0.25, 0.3) is 0 Å². The summed E-state index contributed by atoms with van der Waals surface area (Å²) in [6, 6.07) is 0. The van der Waals surface area contributed by atoms with Crippen LogP contribution in [0.2, 0.25) is 0 Å². The van der Waals surface area contributed by atoms with E-state index < -0.39 is 9.33 Å². The van der Waals surface area contributed by atoms with Gasteiger partial charge in [-0.15, -0.1) is 0 Å². The molecule has 0 aliphatic rings. The normalized spacial score (nSPS) is 8.29. The van der Waals surface area contributed by atoms with Gasteiger partial charge in [-0.25, -0.2) is 0 Å². The number of hydrogen-bond donors (Lipinski definition) is 1. The Labute approximate surface area is 88.2 Å². The van der Waals surface area contributed by atoms with Gasteiger partial charge in [0.1, 0.15) is 0 Å². The van der Waals surface area contributed by atoms with Crippen molar-refractivity contribution in [3.05, 3.63) is 0 Å². The number of hydrogen-bond acceptors (Lipinski definition) is 2. The molecule has 7 heteroatoms. The standard InChI is InChI=1S/Ar.ClHO3S.Li/c;1-5(2,3)4;/h;(H,2,3,4);. The molecule has 0 aromatic carbocycles. The molecule has 0 spiro atoms. The molecule has 0 aromatic heterocycles. The quantitative estimate of drug-likeness (QED) is 0.302. The molecule has 3 nitrogen and oxygen atoms in total. The fraction of sp³-hybridized carbons (Fsp3) is 0. The minimum Gasteiger partial charge on any atom is -0.273 e. The minimum atomic E-state index is -4.19. The van der Waals surface area contributed by atoms with Crippen LogP contribution in [0.15, 0.2) is 0 Å². The molecular formula is HArClLiO3S. The summed E-state index contributed by atoms with van der Waals surface area (Å²) in [5.74, 6) is 0. The minimum absolute atomic E-state index is 0. The zero-order chi connectivity index (χ0) is 4.50. The van der Waals surface area contributed by atoms with Gasteiger partial charge >= 0.3 is 9.33 Å². The summed E-state index contributed by atoms with van der Waals surface area (Å²) in [6.45, 7) is 0. The number of rotatable bonds is 0. The Morgan fingerprint density at radius 2 is 1.43 bits per heavy atom. The van der Waals surface area contributed by atoms with E-state index in [1.807, 2.05) is 0 Å². The van der Waals surface area contributed by atoms with Crippen molar-refractivity contribution < 1.29 is 50.7 Å². The maximum absolute atomic E-state index is 8.95. The molecule has 1 radical (unpaired) electrons. The Balaban J connectivity index is -0.0000000800. The van der Waals surface area contributed by atoms with Crippen molar-refractivity contribution in [3.8, 4) is 0 Å². The SMILES string of the molecule is O=S(=O)(O)Cl.[Ar].[Li]. The maximum Gasteiger partial charge on any atom is 0.353 e. The molecule has 0 aromatic rings. The van der Waals surface area contributed by atoms with E-state index in [4.69, 9.17) is 13.0 Å². The van der Waals surface area contributed by atoms with Crippen molar-refractivity contribution in [2.75, 3.05) is 0 Å². The van der Waals surface area contributed by atoms with Crippen LogP contribution < -0.4 is 0 Å². The van der Waals surface area contributed by atoms with E-state index in [1.54, 1.807) is 0 Å². The molecule has 0 atom stereocenters. The average Bonchev–Trinajstić information content (AvgIpc) is 0.722. The first-order valence-corrected chi connectivity index (χ1v) is 2.94. The molecule has 0 bridgehead atoms. The van der Waals surface area contributed by atoms with Crippen LogP contribution in [0.1, 0.15) is 0 Å². The van der Waals surface area contributed by atoms with Crippen LogP contribution in [-0.4, -0.2) is 31.8 Å². The van der Waals surface area contributed by atoms with Crippen molar-refractivity contribution >= 4 is 38.9 Å². The Bertz CT molecular complexity index is 98.1. The van der Waals surface area contributed by atoms with E-state index in [2.05, 4.69) is 10.7 Å². The first-order valence-electron chi connectivity index (χ1n) is 0.670. The van der Waals surface area contributed by atoms with Crippen LogP contribution in [0.5, 0.6) is 0 Å². The molecule has 0 unspecified atom stereocenters. The van der Waals surface area contributed by atoms with E-state index in [9.17, 15) is 0 Å². The van der Waals surface area contributed by atoms with Crippen molar-refractivity contribution in [2.24, 2.45) is 0 Å². The van der Waals surface area contributed by atoms with E-state index in [-0.39, 0.29) is 56.6 Å². The van der Waals surface area contributed by atoms with Gasteiger partial charge in [-0.2, -0.15) is 8.42 Å². The van der Waals surface area contributed by atoms with Crippen LogP contribution in [-0.2, 0) is 9.33 Å². The van der Waals surface area contributed by atoms with Gasteiger partial charge in [-0.1, -0.05) is 0 Å². The Morgan fingerprint density at radius 1 is 1.43 bits per heavy atom. The predicted molar refractivity (Wildman–Crippen MR) is 23.2 cm³/mol. The van der Waals surface area contributed by atoms with Crippen LogP contribution in [0.4, 0.5) is 0 Å². The first kappa shape index (κ1) is 16.0. The van der Waals surface area contributed by atoms with Gasteiger partial charge in [0, 0.05) is 67.3 Å². The number of halogens is 1. The molecule has 0 fully saturated rings. The third-order valence-electron chi connectivity index (χ3n) is 0. The summed E-state index contributed by atoms with van der Waals surface area (Å²) in [5, 5.41) is 0. The van der Waals surface area contributed by atoms with E-state index in [0.29, 0.717) is 0 Å². The second kappa shape index (κ2) is 6.18. The van der Waals surface area contributed by atoms with Crippen LogP contribution in [0.25, 0.3) is 0 Å². The predicted octanol–water partition coefficient (Wildman–Crippen LogP) is -0.353. The smallest absolute Gasteiger partial charge is 0.273 e. The Hall–Kier alpha value is 2.06. The molecule has 0 heterocycles. The first-order chi connectivity index (χ1) is 2.00. The third kappa shape index (κ3) is 69.9. The summed E-state index contributed by atoms with van der Waals surface area (Å²) >= 11 is 0. The van der Waals surface area contributed by atoms with Gasteiger partial charge in [-0.3, -0.25) is 4.55 Å². The topological polar surface area (TPSA) is 54.4 Å². The monoisotopic (exact) mass is 163 g/mol. The van der Waals surface area contributed by atoms with Gasteiger partial charge in [0.2, 0.25) is 0 Å². The van der Waals surface area contributed by atoms with Crippen LogP contribution in [0.3, 0.4) is 0 Å². The van der Waals surface area contributed by atoms with Gasteiger partial charge in [0.15, 0.2) is 0 Å². The fourth-order valence-electron chi connectivity index (χ4n) is 0. The van der Waals surface area contributed by atoms with Crippen molar-refractivity contribution in [3.63, 3.8) is 0 Å². The van der Waals surface area contributed by atoms with Crippen molar-refractivity contribution in [2.45, 2.75) is 0 Å². The van der Waals surface area contributed by atoms with E-state index in [1.165, 1.54) is 0 Å². The van der Waals surface area contributed by atoms with E-state index >= 15 is 0 Å². The summed E-state index contributed by atoms with van der Waals surface area (Å²) < 4.78 is 25.2. The molecule has 0 aliphatic heterocycles. The maximum atomic E-state index is 8.95. The Kier molecular flexibility index (Phi) is 14.2. The largest absolute Gasteiger partial charge is 0.353 e. The van der Waals surface area contributed by atoms with Crippen LogP contribution in [0, 0.1) is 37.7 Å². The summed E-state index contributed by atoms with van der Waals surface area (Å²) in [5.41, 5.74) is 0. The van der Waals surface area contributed by atoms with E-state index in [0.717, 1.165) is 0 Å². The average molecular weight is 163 g/mol. The fourth-order valence-corrected chi connectivity index (χ4v) is 0. The Morgan fingerprint density at radius 3 is 1.43 bits per heavy atom. The van der Waals surface area contributed by atoms with Crippen molar-refractivity contribution in [1.82, 2.24) is 0 Å². The summed E-state index contributed by atoms with van der Waals surface area (Å²) in [7, 11) is -0.137. The summed E-state index contributed by atoms with van der Waals surface area (Å²) in [4.78, 5) is 0. The molecule has 41 valence electrons. The van der Waals surface area contributed by atoms with Gasteiger partial charge in [0.05, 0.1) is 0 Å².